The number of carbonyl (C=O) groups excluding carboxylic acids is 1. The van der Waals surface area contributed by atoms with Crippen molar-refractivity contribution in [2.75, 3.05) is 24.7 Å². The van der Waals surface area contributed by atoms with Crippen LogP contribution in [0.2, 0.25) is 0 Å². The first-order chi connectivity index (χ1) is 6.43. The standard InChI is InChI=1S/C8H13NO4S/c1-8(2-5-14(11,12)6-8)9-3-4-13-7(9)10/h2-6H2,1H3. The molecule has 0 aromatic rings. The molecule has 0 bridgehead atoms. The molecular formula is C8H13NO4S. The smallest absolute Gasteiger partial charge is 0.410 e. The van der Waals surface area contributed by atoms with Crippen molar-refractivity contribution in [1.29, 1.82) is 0 Å². The molecule has 0 N–H and O–H groups in total. The predicted octanol–water partition coefficient (Wildman–Crippen LogP) is 0.0158. The molecule has 80 valence electrons. The molecular weight excluding hydrogens is 206 g/mol. The summed E-state index contributed by atoms with van der Waals surface area (Å²) in [5, 5.41) is 0. The van der Waals surface area contributed by atoms with Crippen LogP contribution in [0, 0.1) is 0 Å². The Hall–Kier alpha value is -0.780. The average molecular weight is 219 g/mol. The molecule has 0 spiro atoms. The fourth-order valence-electron chi connectivity index (χ4n) is 2.09. The summed E-state index contributed by atoms with van der Waals surface area (Å²) in [4.78, 5) is 12.8. The summed E-state index contributed by atoms with van der Waals surface area (Å²) >= 11 is 0. The largest absolute Gasteiger partial charge is 0.448 e. The maximum atomic E-state index is 11.3. The third-order valence-electron chi connectivity index (χ3n) is 2.89. The summed E-state index contributed by atoms with van der Waals surface area (Å²) in [6, 6.07) is 0. The van der Waals surface area contributed by atoms with Crippen LogP contribution in [0.15, 0.2) is 0 Å². The van der Waals surface area contributed by atoms with Gasteiger partial charge in [-0.1, -0.05) is 0 Å². The summed E-state index contributed by atoms with van der Waals surface area (Å²) in [6.07, 6.45) is 0.134. The SMILES string of the molecule is CC1(N2CCOC2=O)CCS(=O)(=O)C1. The van der Waals surface area contributed by atoms with Gasteiger partial charge in [0, 0.05) is 0 Å². The molecule has 2 aliphatic heterocycles. The van der Waals surface area contributed by atoms with Gasteiger partial charge in [-0.25, -0.2) is 13.2 Å². The zero-order valence-corrected chi connectivity index (χ0v) is 8.84. The molecule has 14 heavy (non-hydrogen) atoms. The third kappa shape index (κ3) is 1.47. The van der Waals surface area contributed by atoms with Crippen molar-refractivity contribution in [2.45, 2.75) is 18.9 Å². The first-order valence-corrected chi connectivity index (χ1v) is 6.40. The van der Waals surface area contributed by atoms with Crippen LogP contribution in [-0.2, 0) is 14.6 Å². The summed E-state index contributed by atoms with van der Waals surface area (Å²) in [5.41, 5.74) is -0.549. The Bertz CT molecular complexity index is 364. The van der Waals surface area contributed by atoms with Crippen molar-refractivity contribution < 1.29 is 17.9 Å². The fraction of sp³-hybridized carbons (Fsp3) is 0.875. The Kier molecular flexibility index (Phi) is 1.99. The molecule has 2 heterocycles. The Balaban J connectivity index is 2.22. The molecule has 6 heteroatoms. The highest BCUT2D eigenvalue weighted by molar-refractivity contribution is 7.91. The van der Waals surface area contributed by atoms with Crippen molar-refractivity contribution in [2.24, 2.45) is 0 Å². The lowest BCUT2D eigenvalue weighted by molar-refractivity contribution is 0.128. The average Bonchev–Trinajstić information content (AvgIpc) is 2.57. The van der Waals surface area contributed by atoms with Crippen LogP contribution in [0.25, 0.3) is 0 Å². The summed E-state index contributed by atoms with van der Waals surface area (Å²) < 4.78 is 27.5. The summed E-state index contributed by atoms with van der Waals surface area (Å²) in [6.45, 7) is 2.68. The fourth-order valence-corrected chi connectivity index (χ4v) is 4.23. The molecule has 2 fully saturated rings. The number of hydrogen-bond acceptors (Lipinski definition) is 4. The lowest BCUT2D eigenvalue weighted by atomic mass is 10.0. The summed E-state index contributed by atoms with van der Waals surface area (Å²) in [5.74, 6) is 0.238. The zero-order chi connectivity index (χ0) is 10.4. The van der Waals surface area contributed by atoms with Gasteiger partial charge in [0.05, 0.1) is 23.6 Å². The summed E-state index contributed by atoms with van der Waals surface area (Å²) in [7, 11) is -2.96. The highest BCUT2D eigenvalue weighted by atomic mass is 32.2. The Morgan fingerprint density at radius 3 is 2.64 bits per heavy atom. The van der Waals surface area contributed by atoms with E-state index in [2.05, 4.69) is 0 Å². The van der Waals surface area contributed by atoms with Gasteiger partial charge in [-0.2, -0.15) is 0 Å². The van der Waals surface area contributed by atoms with E-state index in [0.29, 0.717) is 19.6 Å². The van der Waals surface area contributed by atoms with Crippen molar-refractivity contribution in [3.63, 3.8) is 0 Å². The van der Waals surface area contributed by atoms with Gasteiger partial charge in [-0.15, -0.1) is 0 Å². The normalized spacial score (nSPS) is 36.1. The van der Waals surface area contributed by atoms with E-state index in [1.54, 1.807) is 0 Å². The highest BCUT2D eigenvalue weighted by Crippen LogP contribution is 2.31. The van der Waals surface area contributed by atoms with Crippen LogP contribution in [-0.4, -0.2) is 49.6 Å². The van der Waals surface area contributed by atoms with Crippen LogP contribution in [0.3, 0.4) is 0 Å². The molecule has 5 nitrogen and oxygen atoms in total. The lowest BCUT2D eigenvalue weighted by Crippen LogP contribution is -2.47. The predicted molar refractivity (Wildman–Crippen MR) is 49.7 cm³/mol. The molecule has 0 aromatic carbocycles. The number of rotatable bonds is 1. The Morgan fingerprint density at radius 2 is 2.21 bits per heavy atom. The third-order valence-corrected chi connectivity index (χ3v) is 4.78. The monoisotopic (exact) mass is 219 g/mol. The van der Waals surface area contributed by atoms with Crippen molar-refractivity contribution in [1.82, 2.24) is 4.90 Å². The maximum Gasteiger partial charge on any atom is 0.410 e. The lowest BCUT2D eigenvalue weighted by Gasteiger charge is -2.31. The quantitative estimate of drug-likeness (QED) is 0.623. The van der Waals surface area contributed by atoms with Gasteiger partial charge in [0.1, 0.15) is 6.61 Å². The molecule has 0 radical (unpaired) electrons. The van der Waals surface area contributed by atoms with Gasteiger partial charge >= 0.3 is 6.09 Å². The van der Waals surface area contributed by atoms with Gasteiger partial charge in [-0.3, -0.25) is 4.90 Å². The minimum atomic E-state index is -2.96. The number of carbonyl (C=O) groups is 1. The highest BCUT2D eigenvalue weighted by Gasteiger charge is 2.47. The van der Waals surface area contributed by atoms with E-state index in [1.807, 2.05) is 6.92 Å². The molecule has 0 aliphatic carbocycles. The second-order valence-corrected chi connectivity index (χ2v) is 6.29. The van der Waals surface area contributed by atoms with Gasteiger partial charge in [-0.05, 0) is 13.3 Å². The van der Waals surface area contributed by atoms with Crippen molar-refractivity contribution >= 4 is 15.9 Å². The van der Waals surface area contributed by atoms with Crippen LogP contribution < -0.4 is 0 Å². The van der Waals surface area contributed by atoms with Gasteiger partial charge in [0.15, 0.2) is 9.84 Å². The first-order valence-electron chi connectivity index (χ1n) is 4.58. The molecule has 2 rings (SSSR count). The van der Waals surface area contributed by atoms with Crippen LogP contribution in [0.4, 0.5) is 4.79 Å². The van der Waals surface area contributed by atoms with E-state index in [0.717, 1.165) is 0 Å². The molecule has 0 aromatic heterocycles. The number of sulfone groups is 1. The number of hydrogen-bond donors (Lipinski definition) is 0. The second kappa shape index (κ2) is 2.85. The van der Waals surface area contributed by atoms with Crippen LogP contribution >= 0.6 is 0 Å². The van der Waals surface area contributed by atoms with E-state index >= 15 is 0 Å². The minimum absolute atomic E-state index is 0.0646. The maximum absolute atomic E-state index is 11.3. The molecule has 1 unspecified atom stereocenters. The van der Waals surface area contributed by atoms with Gasteiger partial charge in [0.2, 0.25) is 0 Å². The Morgan fingerprint density at radius 1 is 1.50 bits per heavy atom. The second-order valence-electron chi connectivity index (χ2n) is 4.10. The van der Waals surface area contributed by atoms with Crippen LogP contribution in [0.1, 0.15) is 13.3 Å². The molecule has 1 atom stereocenters. The minimum Gasteiger partial charge on any atom is -0.448 e. The van der Waals surface area contributed by atoms with E-state index in [4.69, 9.17) is 4.74 Å². The number of ether oxygens (including phenoxy) is 1. The Labute approximate surface area is 82.9 Å². The van der Waals surface area contributed by atoms with E-state index in [-0.39, 0.29) is 17.6 Å². The van der Waals surface area contributed by atoms with E-state index < -0.39 is 15.4 Å². The molecule has 2 aliphatic rings. The van der Waals surface area contributed by atoms with Crippen molar-refractivity contribution in [3.05, 3.63) is 0 Å². The van der Waals surface area contributed by atoms with E-state index in [9.17, 15) is 13.2 Å². The van der Waals surface area contributed by atoms with Gasteiger partial charge < -0.3 is 4.74 Å². The van der Waals surface area contributed by atoms with Crippen molar-refractivity contribution in [3.8, 4) is 0 Å². The zero-order valence-electron chi connectivity index (χ0n) is 8.02. The molecule has 1 amide bonds. The molecule has 0 saturated carbocycles. The number of amides is 1. The van der Waals surface area contributed by atoms with Gasteiger partial charge in [0.25, 0.3) is 0 Å². The topological polar surface area (TPSA) is 63.7 Å². The van der Waals surface area contributed by atoms with Crippen LogP contribution in [0.5, 0.6) is 0 Å². The first kappa shape index (κ1) is 9.76. The van der Waals surface area contributed by atoms with E-state index in [1.165, 1.54) is 4.90 Å². The number of cyclic esters (lactones) is 1. The molecule has 2 saturated heterocycles. The number of nitrogens with zero attached hydrogens (tertiary/aromatic N) is 1.